The van der Waals surface area contributed by atoms with Crippen LogP contribution in [-0.4, -0.2) is 17.8 Å². The van der Waals surface area contributed by atoms with Gasteiger partial charge >= 0.3 is 0 Å². The highest BCUT2D eigenvalue weighted by Crippen LogP contribution is 1.99. The van der Waals surface area contributed by atoms with Crippen molar-refractivity contribution in [3.63, 3.8) is 0 Å². The van der Waals surface area contributed by atoms with E-state index in [0.29, 0.717) is 6.61 Å². The molecule has 1 aromatic rings. The molecule has 0 aliphatic heterocycles. The molecule has 1 rings (SSSR count). The average Bonchev–Trinajstić information content (AvgIpc) is 2.09. The lowest BCUT2D eigenvalue weighted by Crippen LogP contribution is -1.91. The summed E-state index contributed by atoms with van der Waals surface area (Å²) in [7, 11) is 0. The van der Waals surface area contributed by atoms with E-state index in [2.05, 4.69) is 10.1 Å². The summed E-state index contributed by atoms with van der Waals surface area (Å²) >= 11 is 0. The molecule has 3 heteroatoms. The molecule has 1 aromatic heterocycles. The van der Waals surface area contributed by atoms with Crippen LogP contribution in [0.15, 0.2) is 23.5 Å². The molecule has 0 aliphatic rings. The molecular formula is C9H12N2O. The van der Waals surface area contributed by atoms with E-state index in [1.54, 1.807) is 12.4 Å². The molecule has 0 N–H and O–H groups in total. The van der Waals surface area contributed by atoms with Gasteiger partial charge in [-0.1, -0.05) is 11.2 Å². The van der Waals surface area contributed by atoms with Crippen molar-refractivity contribution in [2.75, 3.05) is 6.61 Å². The van der Waals surface area contributed by atoms with Crippen molar-refractivity contribution >= 4 is 6.21 Å². The topological polar surface area (TPSA) is 34.5 Å². The molecule has 0 atom stereocenters. The van der Waals surface area contributed by atoms with Crippen LogP contribution in [-0.2, 0) is 4.84 Å². The summed E-state index contributed by atoms with van der Waals surface area (Å²) < 4.78 is 0. The molecule has 0 bridgehead atoms. The molecule has 0 unspecified atom stereocenters. The van der Waals surface area contributed by atoms with Gasteiger partial charge in [0.05, 0.1) is 11.9 Å². The van der Waals surface area contributed by atoms with Crippen LogP contribution in [0.4, 0.5) is 0 Å². The van der Waals surface area contributed by atoms with Gasteiger partial charge in [0, 0.05) is 6.20 Å². The molecule has 3 nitrogen and oxygen atoms in total. The molecule has 0 radical (unpaired) electrons. The number of nitrogens with zero attached hydrogens (tertiary/aromatic N) is 2. The van der Waals surface area contributed by atoms with Gasteiger partial charge in [-0.3, -0.25) is 4.98 Å². The number of pyridine rings is 1. The maximum atomic E-state index is 4.82. The highest BCUT2D eigenvalue weighted by atomic mass is 16.6. The van der Waals surface area contributed by atoms with Gasteiger partial charge in [0.25, 0.3) is 0 Å². The van der Waals surface area contributed by atoms with Gasteiger partial charge in [-0.15, -0.1) is 0 Å². The highest BCUT2D eigenvalue weighted by Gasteiger charge is 1.92. The van der Waals surface area contributed by atoms with E-state index in [0.717, 1.165) is 11.3 Å². The van der Waals surface area contributed by atoms with E-state index in [1.165, 1.54) is 0 Å². The second-order valence-corrected chi connectivity index (χ2v) is 2.36. The zero-order valence-corrected chi connectivity index (χ0v) is 7.32. The van der Waals surface area contributed by atoms with E-state index in [4.69, 9.17) is 4.84 Å². The first-order chi connectivity index (χ1) is 5.84. The fourth-order valence-electron chi connectivity index (χ4n) is 0.795. The molecule has 0 saturated heterocycles. The molecule has 1 heterocycles. The number of aromatic nitrogens is 1. The van der Waals surface area contributed by atoms with Gasteiger partial charge in [-0.25, -0.2) is 0 Å². The molecule has 0 spiro atoms. The predicted octanol–water partition coefficient (Wildman–Crippen LogP) is 1.76. The maximum Gasteiger partial charge on any atom is 0.114 e. The van der Waals surface area contributed by atoms with Gasteiger partial charge < -0.3 is 4.84 Å². The Bertz CT molecular complexity index is 271. The second kappa shape index (κ2) is 4.49. The van der Waals surface area contributed by atoms with Crippen LogP contribution in [0.5, 0.6) is 0 Å². The minimum atomic E-state index is 0.586. The summed E-state index contributed by atoms with van der Waals surface area (Å²) in [5.74, 6) is 0. The van der Waals surface area contributed by atoms with E-state index < -0.39 is 0 Å². The largest absolute Gasteiger partial charge is 0.396 e. The third-order valence-electron chi connectivity index (χ3n) is 1.43. The quantitative estimate of drug-likeness (QED) is 0.504. The fourth-order valence-corrected chi connectivity index (χ4v) is 0.795. The van der Waals surface area contributed by atoms with Crippen molar-refractivity contribution in [3.05, 3.63) is 29.6 Å². The number of hydrogen-bond acceptors (Lipinski definition) is 3. The predicted molar refractivity (Wildman–Crippen MR) is 48.2 cm³/mol. The Kier molecular flexibility index (Phi) is 3.26. The lowest BCUT2D eigenvalue weighted by atomic mass is 10.2. The van der Waals surface area contributed by atoms with Gasteiger partial charge in [-0.05, 0) is 25.5 Å². The lowest BCUT2D eigenvalue weighted by Gasteiger charge is -1.96. The molecule has 64 valence electrons. The van der Waals surface area contributed by atoms with Crippen molar-refractivity contribution in [1.82, 2.24) is 4.98 Å². The Hall–Kier alpha value is -1.38. The normalized spacial score (nSPS) is 10.5. The smallest absolute Gasteiger partial charge is 0.114 e. The Morgan fingerprint density at radius 3 is 3.17 bits per heavy atom. The minimum Gasteiger partial charge on any atom is -0.396 e. The Morgan fingerprint density at radius 1 is 1.67 bits per heavy atom. The first-order valence-electron chi connectivity index (χ1n) is 3.91. The molecule has 0 aromatic carbocycles. The standard InChI is InChI=1S/C9H12N2O/c1-3-12-11-7-9-8(2)5-4-6-10-9/h4-7H,3H2,1-2H3/b11-7+. The number of rotatable bonds is 3. The summed E-state index contributed by atoms with van der Waals surface area (Å²) in [4.78, 5) is 8.94. The first kappa shape index (κ1) is 8.71. The van der Waals surface area contributed by atoms with Crippen molar-refractivity contribution in [3.8, 4) is 0 Å². The SMILES string of the molecule is CCO/N=C/c1ncccc1C. The second-order valence-electron chi connectivity index (χ2n) is 2.36. The Morgan fingerprint density at radius 2 is 2.50 bits per heavy atom. The molecule has 0 amide bonds. The van der Waals surface area contributed by atoms with Crippen LogP contribution < -0.4 is 0 Å². The van der Waals surface area contributed by atoms with Gasteiger partial charge in [0.15, 0.2) is 0 Å². The minimum absolute atomic E-state index is 0.586. The molecule has 0 saturated carbocycles. The summed E-state index contributed by atoms with van der Waals surface area (Å²) in [6, 6.07) is 3.88. The number of oxime groups is 1. The highest BCUT2D eigenvalue weighted by molar-refractivity contribution is 5.78. The Balaban J connectivity index is 2.68. The van der Waals surface area contributed by atoms with Crippen LogP contribution in [0.25, 0.3) is 0 Å². The number of aryl methyl sites for hydroxylation is 1. The van der Waals surface area contributed by atoms with E-state index in [9.17, 15) is 0 Å². The molecular weight excluding hydrogens is 152 g/mol. The van der Waals surface area contributed by atoms with Crippen molar-refractivity contribution in [1.29, 1.82) is 0 Å². The van der Waals surface area contributed by atoms with E-state index in [-0.39, 0.29) is 0 Å². The molecule has 0 aliphatic carbocycles. The summed E-state index contributed by atoms with van der Waals surface area (Å²) in [6.45, 7) is 4.46. The maximum absolute atomic E-state index is 4.82. The van der Waals surface area contributed by atoms with Gasteiger partial charge in [-0.2, -0.15) is 0 Å². The third-order valence-corrected chi connectivity index (χ3v) is 1.43. The zero-order chi connectivity index (χ0) is 8.81. The van der Waals surface area contributed by atoms with Crippen molar-refractivity contribution in [2.45, 2.75) is 13.8 Å². The van der Waals surface area contributed by atoms with Crippen molar-refractivity contribution in [2.24, 2.45) is 5.16 Å². The van der Waals surface area contributed by atoms with Crippen LogP contribution in [0.3, 0.4) is 0 Å². The summed E-state index contributed by atoms with van der Waals surface area (Å²) in [5.41, 5.74) is 1.95. The number of hydrogen-bond donors (Lipinski definition) is 0. The Labute approximate surface area is 72.1 Å². The van der Waals surface area contributed by atoms with Crippen LogP contribution in [0, 0.1) is 6.92 Å². The fraction of sp³-hybridized carbons (Fsp3) is 0.333. The summed E-state index contributed by atoms with van der Waals surface area (Å²) in [5, 5.41) is 3.73. The summed E-state index contributed by atoms with van der Waals surface area (Å²) in [6.07, 6.45) is 3.36. The zero-order valence-electron chi connectivity index (χ0n) is 7.32. The average molecular weight is 164 g/mol. The molecule has 12 heavy (non-hydrogen) atoms. The van der Waals surface area contributed by atoms with E-state index in [1.807, 2.05) is 26.0 Å². The first-order valence-corrected chi connectivity index (χ1v) is 3.91. The third kappa shape index (κ3) is 2.34. The van der Waals surface area contributed by atoms with Gasteiger partial charge in [0.1, 0.15) is 6.61 Å². The van der Waals surface area contributed by atoms with Gasteiger partial charge in [0.2, 0.25) is 0 Å². The lowest BCUT2D eigenvalue weighted by molar-refractivity contribution is 0.160. The van der Waals surface area contributed by atoms with Crippen LogP contribution in [0.1, 0.15) is 18.2 Å². The van der Waals surface area contributed by atoms with Crippen LogP contribution in [0.2, 0.25) is 0 Å². The van der Waals surface area contributed by atoms with Crippen molar-refractivity contribution < 1.29 is 4.84 Å². The monoisotopic (exact) mass is 164 g/mol. The molecule has 0 fully saturated rings. The van der Waals surface area contributed by atoms with Crippen LogP contribution >= 0.6 is 0 Å². The van der Waals surface area contributed by atoms with E-state index >= 15 is 0 Å².